The third-order valence-electron chi connectivity index (χ3n) is 7.75. The van der Waals surface area contributed by atoms with E-state index in [0.717, 1.165) is 35.3 Å². The number of hydrogen-bond donors (Lipinski definition) is 3. The van der Waals surface area contributed by atoms with Gasteiger partial charge in [0.25, 0.3) is 0 Å². The molecule has 2 aliphatic rings. The van der Waals surface area contributed by atoms with Crippen molar-refractivity contribution in [3.05, 3.63) is 65.0 Å². The maximum Gasteiger partial charge on any atom is 0.243 e. The van der Waals surface area contributed by atoms with E-state index in [2.05, 4.69) is 22.0 Å². The molecule has 3 N–H and O–H groups in total. The molecule has 40 heavy (non-hydrogen) atoms. The van der Waals surface area contributed by atoms with Gasteiger partial charge in [-0.1, -0.05) is 24.3 Å². The number of nitrogens with one attached hydrogen (secondary N) is 3. The fraction of sp³-hybridized carbons (Fsp3) is 0.516. The zero-order valence-electron chi connectivity index (χ0n) is 23.8. The molecule has 2 aromatic rings. The summed E-state index contributed by atoms with van der Waals surface area (Å²) in [5.41, 5.74) is 2.86. The van der Waals surface area contributed by atoms with Gasteiger partial charge in [-0.15, -0.1) is 0 Å². The van der Waals surface area contributed by atoms with Gasteiger partial charge in [-0.25, -0.2) is 4.39 Å². The topological polar surface area (TPSA) is 99.8 Å². The molecule has 2 aromatic carbocycles. The fourth-order valence-corrected chi connectivity index (χ4v) is 4.97. The number of rotatable bonds is 3. The minimum atomic E-state index is -0.876. The molecule has 0 unspecified atom stereocenters. The van der Waals surface area contributed by atoms with Crippen molar-refractivity contribution in [2.24, 2.45) is 5.92 Å². The van der Waals surface area contributed by atoms with Crippen LogP contribution < -0.4 is 20.7 Å². The van der Waals surface area contributed by atoms with E-state index in [0.29, 0.717) is 25.9 Å². The minimum absolute atomic E-state index is 0.158. The van der Waals surface area contributed by atoms with E-state index in [9.17, 15) is 18.8 Å². The first-order valence-electron chi connectivity index (χ1n) is 14.2. The van der Waals surface area contributed by atoms with Crippen molar-refractivity contribution in [3.8, 4) is 5.75 Å². The van der Waals surface area contributed by atoms with Crippen LogP contribution in [-0.4, -0.2) is 67.0 Å². The van der Waals surface area contributed by atoms with Crippen molar-refractivity contribution in [3.63, 3.8) is 0 Å². The second-order valence-corrected chi connectivity index (χ2v) is 11.2. The molecule has 9 heteroatoms. The molecule has 4 rings (SSSR count). The molecule has 0 radical (unpaired) electrons. The van der Waals surface area contributed by atoms with Crippen molar-refractivity contribution in [1.82, 2.24) is 20.9 Å². The zero-order valence-corrected chi connectivity index (χ0v) is 23.8. The first-order chi connectivity index (χ1) is 19.1. The number of carbonyl (C=O) groups is 3. The van der Waals surface area contributed by atoms with Crippen LogP contribution >= 0.6 is 0 Å². The number of likely N-dealkylation sites (N-methyl/N-ethyl adjacent to an activating group) is 1. The largest absolute Gasteiger partial charge is 0.489 e. The zero-order chi connectivity index (χ0) is 28.8. The lowest BCUT2D eigenvalue weighted by Gasteiger charge is -2.31. The van der Waals surface area contributed by atoms with Crippen molar-refractivity contribution in [1.29, 1.82) is 0 Å². The predicted molar refractivity (Wildman–Crippen MR) is 151 cm³/mol. The van der Waals surface area contributed by atoms with Gasteiger partial charge in [0.1, 0.15) is 29.8 Å². The van der Waals surface area contributed by atoms with Gasteiger partial charge < -0.3 is 25.6 Å². The Bertz CT molecular complexity index is 1200. The molecular weight excluding hydrogens is 511 g/mol. The Morgan fingerprint density at radius 2 is 1.75 bits per heavy atom. The Balaban J connectivity index is 1.58. The molecule has 0 bridgehead atoms. The van der Waals surface area contributed by atoms with Gasteiger partial charge in [0.15, 0.2) is 0 Å². The third-order valence-corrected chi connectivity index (χ3v) is 7.75. The highest BCUT2D eigenvalue weighted by Gasteiger charge is 2.39. The van der Waals surface area contributed by atoms with Gasteiger partial charge >= 0.3 is 0 Å². The Kier molecular flexibility index (Phi) is 9.79. The summed E-state index contributed by atoms with van der Waals surface area (Å²) in [6.07, 6.45) is 3.32. The van der Waals surface area contributed by atoms with E-state index in [4.69, 9.17) is 4.74 Å². The second-order valence-electron chi connectivity index (χ2n) is 11.2. The summed E-state index contributed by atoms with van der Waals surface area (Å²) in [4.78, 5) is 41.5. The van der Waals surface area contributed by atoms with E-state index < -0.39 is 24.0 Å². The van der Waals surface area contributed by atoms with Crippen molar-refractivity contribution >= 4 is 17.7 Å². The van der Waals surface area contributed by atoms with E-state index in [1.165, 1.54) is 17.0 Å². The first-order valence-corrected chi connectivity index (χ1v) is 14.2. The Morgan fingerprint density at radius 1 is 1.02 bits per heavy atom. The van der Waals surface area contributed by atoms with Crippen LogP contribution in [0.5, 0.6) is 5.75 Å². The number of fused-ring (bicyclic) bond motifs is 1. The molecule has 0 saturated heterocycles. The highest BCUT2D eigenvalue weighted by molar-refractivity contribution is 5.93. The molecule has 1 aliphatic heterocycles. The number of halogens is 1. The number of benzene rings is 2. The standard InChI is InChI=1S/C31H41FN4O4/c1-19-7-10-23-6-5-15-33-30(38)26(17-22-8-13-25(32)14-9-22)35-29(37)21(3)36(4)31(39)28(24-11-12-24)34-18-20(2)40-27(23)16-19/h7-10,13-14,16,20-21,24,26,28,34H,5-6,11-12,15,17-18H2,1-4H3,(H,33,38)(H,35,37)/t20-,21-,26-,28+/m1/s1. The van der Waals surface area contributed by atoms with Gasteiger partial charge in [0.2, 0.25) is 17.7 Å². The van der Waals surface area contributed by atoms with E-state index in [1.54, 1.807) is 26.1 Å². The lowest BCUT2D eigenvalue weighted by atomic mass is 10.0. The molecule has 4 atom stereocenters. The van der Waals surface area contributed by atoms with Crippen LogP contribution in [-0.2, 0) is 27.2 Å². The smallest absolute Gasteiger partial charge is 0.243 e. The van der Waals surface area contributed by atoms with Crippen LogP contribution in [0.1, 0.15) is 49.8 Å². The van der Waals surface area contributed by atoms with Crippen LogP contribution in [0.3, 0.4) is 0 Å². The molecule has 216 valence electrons. The normalized spacial score (nSPS) is 25.6. The van der Waals surface area contributed by atoms with Gasteiger partial charge in [-0.3, -0.25) is 14.4 Å². The summed E-state index contributed by atoms with van der Waals surface area (Å²) >= 11 is 0. The average molecular weight is 553 g/mol. The average Bonchev–Trinajstić information content (AvgIpc) is 3.76. The lowest BCUT2D eigenvalue weighted by molar-refractivity contribution is -0.141. The summed E-state index contributed by atoms with van der Waals surface area (Å²) in [6, 6.07) is 9.90. The molecule has 1 saturated carbocycles. The quantitative estimate of drug-likeness (QED) is 0.544. The van der Waals surface area contributed by atoms with Crippen LogP contribution in [0.15, 0.2) is 42.5 Å². The molecule has 1 aliphatic carbocycles. The van der Waals surface area contributed by atoms with Gasteiger partial charge in [0, 0.05) is 26.6 Å². The van der Waals surface area contributed by atoms with E-state index in [1.807, 2.05) is 26.0 Å². The SMILES string of the molecule is Cc1ccc2c(c1)O[C@H](C)CN[C@@H](C1CC1)C(=O)N(C)[C@H](C)C(=O)N[C@H](Cc1ccc(F)cc1)C(=O)NCCC2. The number of amides is 3. The van der Waals surface area contributed by atoms with Crippen LogP contribution in [0.25, 0.3) is 0 Å². The fourth-order valence-electron chi connectivity index (χ4n) is 4.97. The lowest BCUT2D eigenvalue weighted by Crippen LogP contribution is -2.57. The van der Waals surface area contributed by atoms with E-state index in [-0.39, 0.29) is 36.1 Å². The first kappa shape index (κ1) is 29.5. The Hall–Kier alpha value is -3.46. The number of aryl methyl sites for hydroxylation is 2. The van der Waals surface area contributed by atoms with Crippen LogP contribution in [0.4, 0.5) is 4.39 Å². The van der Waals surface area contributed by atoms with E-state index >= 15 is 0 Å². The second kappa shape index (κ2) is 13.3. The van der Waals surface area contributed by atoms with Crippen molar-refractivity contribution < 1.29 is 23.5 Å². The summed E-state index contributed by atoms with van der Waals surface area (Å²) in [5.74, 6) is -0.253. The van der Waals surface area contributed by atoms with Crippen molar-refractivity contribution in [2.45, 2.75) is 77.1 Å². The number of ether oxygens (including phenoxy) is 1. The molecule has 3 amide bonds. The summed E-state index contributed by atoms with van der Waals surface area (Å²) in [5, 5.41) is 9.20. The van der Waals surface area contributed by atoms with Gasteiger partial charge in [-0.2, -0.15) is 0 Å². The Morgan fingerprint density at radius 3 is 2.45 bits per heavy atom. The summed E-state index contributed by atoms with van der Waals surface area (Å²) in [7, 11) is 1.62. The van der Waals surface area contributed by atoms with Crippen LogP contribution in [0, 0.1) is 18.7 Å². The monoisotopic (exact) mass is 552 g/mol. The summed E-state index contributed by atoms with van der Waals surface area (Å²) in [6.45, 7) is 6.56. The summed E-state index contributed by atoms with van der Waals surface area (Å²) < 4.78 is 19.8. The van der Waals surface area contributed by atoms with Crippen molar-refractivity contribution in [2.75, 3.05) is 20.1 Å². The van der Waals surface area contributed by atoms with Gasteiger partial charge in [0.05, 0.1) is 6.04 Å². The highest BCUT2D eigenvalue weighted by atomic mass is 19.1. The molecule has 0 aromatic heterocycles. The maximum absolute atomic E-state index is 13.5. The molecule has 1 heterocycles. The molecular formula is C31H41FN4O4. The number of carbonyl (C=O) groups excluding carboxylic acids is 3. The number of hydrogen-bond acceptors (Lipinski definition) is 5. The Labute approximate surface area is 236 Å². The highest BCUT2D eigenvalue weighted by Crippen LogP contribution is 2.33. The molecule has 0 spiro atoms. The van der Waals surface area contributed by atoms with Crippen LogP contribution in [0.2, 0.25) is 0 Å². The maximum atomic E-state index is 13.5. The predicted octanol–water partition coefficient (Wildman–Crippen LogP) is 2.91. The molecule has 8 nitrogen and oxygen atoms in total. The molecule has 1 fully saturated rings. The minimum Gasteiger partial charge on any atom is -0.489 e. The van der Waals surface area contributed by atoms with Gasteiger partial charge in [-0.05, 0) is 87.3 Å². The number of nitrogens with zero attached hydrogens (tertiary/aromatic N) is 1. The third kappa shape index (κ3) is 7.81.